The van der Waals surface area contributed by atoms with Gasteiger partial charge in [-0.15, -0.1) is 0 Å². The molecule has 1 aromatic rings. The van der Waals surface area contributed by atoms with Gasteiger partial charge < -0.3 is 31.9 Å². The van der Waals surface area contributed by atoms with Gasteiger partial charge in [0.15, 0.2) is 0 Å². The van der Waals surface area contributed by atoms with Gasteiger partial charge >= 0.3 is 5.97 Å². The molecule has 0 aliphatic rings. The highest BCUT2D eigenvalue weighted by Crippen LogP contribution is 2.11. The second-order valence-electron chi connectivity index (χ2n) is 6.08. The summed E-state index contributed by atoms with van der Waals surface area (Å²) in [5.41, 5.74) is 6.11. The Hall–Kier alpha value is -2.44. The monoisotopic (exact) mass is 444 g/mol. The Morgan fingerprint density at radius 1 is 0.966 bits per heavy atom. The van der Waals surface area contributed by atoms with Crippen molar-refractivity contribution in [3.05, 3.63) is 29.8 Å². The lowest BCUT2D eigenvalue weighted by atomic mass is 10.0. The maximum atomic E-state index is 12.5. The van der Waals surface area contributed by atoms with E-state index in [-0.39, 0.29) is 23.7 Å². The minimum atomic E-state index is -1.27. The molecule has 7 N–H and O–H groups in total. The molecule has 0 saturated heterocycles. The SMILES string of the molecule is NC(CS)C(=O)NCC(=O)NC(Cc1ccc(O)cc1)C(=O)NC(CS)C(=O)O. The Morgan fingerprint density at radius 3 is 2.10 bits per heavy atom. The van der Waals surface area contributed by atoms with E-state index in [1.54, 1.807) is 12.1 Å². The van der Waals surface area contributed by atoms with Crippen LogP contribution in [0.15, 0.2) is 24.3 Å². The number of carboxylic acid groups (broad SMARTS) is 1. The average molecular weight is 445 g/mol. The summed E-state index contributed by atoms with van der Waals surface area (Å²) < 4.78 is 0. The fraction of sp³-hybridized carbons (Fsp3) is 0.412. The van der Waals surface area contributed by atoms with E-state index in [9.17, 15) is 24.3 Å². The van der Waals surface area contributed by atoms with Crippen molar-refractivity contribution in [2.45, 2.75) is 24.5 Å². The van der Waals surface area contributed by atoms with Crippen molar-refractivity contribution in [1.29, 1.82) is 0 Å². The van der Waals surface area contributed by atoms with E-state index in [1.807, 2.05) is 0 Å². The van der Waals surface area contributed by atoms with Crippen LogP contribution in [0.25, 0.3) is 0 Å². The lowest BCUT2D eigenvalue weighted by Gasteiger charge is -2.21. The van der Waals surface area contributed by atoms with Crippen LogP contribution in [-0.4, -0.2) is 70.1 Å². The standard InChI is InChI=1S/C17H24N4O6S2/c18-11(7-28)15(24)19-6-14(23)20-12(5-9-1-3-10(22)4-2-9)16(25)21-13(8-29)17(26)27/h1-4,11-13,22,28-29H,5-8,18H2,(H,19,24)(H,20,23)(H,21,25)(H,26,27). The molecule has 160 valence electrons. The van der Waals surface area contributed by atoms with E-state index in [2.05, 4.69) is 41.2 Å². The lowest BCUT2D eigenvalue weighted by molar-refractivity contribution is -0.141. The van der Waals surface area contributed by atoms with Gasteiger partial charge in [-0.05, 0) is 17.7 Å². The van der Waals surface area contributed by atoms with Crippen molar-refractivity contribution in [3.8, 4) is 5.75 Å². The van der Waals surface area contributed by atoms with Crippen molar-refractivity contribution in [2.75, 3.05) is 18.1 Å². The van der Waals surface area contributed by atoms with Gasteiger partial charge in [-0.2, -0.15) is 25.3 Å². The Labute approximate surface area is 178 Å². The van der Waals surface area contributed by atoms with Gasteiger partial charge in [0, 0.05) is 17.9 Å². The number of rotatable bonds is 11. The normalized spacial score (nSPS) is 13.6. The van der Waals surface area contributed by atoms with Gasteiger partial charge in [0.05, 0.1) is 12.6 Å². The van der Waals surface area contributed by atoms with Gasteiger partial charge in [-0.25, -0.2) is 4.79 Å². The fourth-order valence-corrected chi connectivity index (χ4v) is 2.57. The van der Waals surface area contributed by atoms with Crippen molar-refractivity contribution in [3.63, 3.8) is 0 Å². The van der Waals surface area contributed by atoms with Crippen LogP contribution >= 0.6 is 25.3 Å². The number of nitrogens with two attached hydrogens (primary N) is 1. The van der Waals surface area contributed by atoms with E-state index < -0.39 is 48.4 Å². The number of hydrogen-bond donors (Lipinski definition) is 8. The van der Waals surface area contributed by atoms with Crippen LogP contribution in [0.3, 0.4) is 0 Å². The molecule has 3 unspecified atom stereocenters. The summed E-state index contributed by atoms with van der Waals surface area (Å²) in [7, 11) is 0. The number of thiol groups is 2. The Kier molecular flexibility index (Phi) is 10.3. The van der Waals surface area contributed by atoms with Crippen molar-refractivity contribution in [1.82, 2.24) is 16.0 Å². The van der Waals surface area contributed by atoms with E-state index in [0.29, 0.717) is 5.56 Å². The number of benzene rings is 1. The highest BCUT2D eigenvalue weighted by molar-refractivity contribution is 7.80. The largest absolute Gasteiger partial charge is 0.508 e. The summed E-state index contributed by atoms with van der Waals surface area (Å²) >= 11 is 7.78. The number of nitrogens with one attached hydrogen (secondary N) is 3. The minimum absolute atomic E-state index is 0.0286. The molecule has 1 rings (SSSR count). The molecular formula is C17H24N4O6S2. The van der Waals surface area contributed by atoms with E-state index in [0.717, 1.165) is 0 Å². The minimum Gasteiger partial charge on any atom is -0.508 e. The summed E-state index contributed by atoms with van der Waals surface area (Å²) in [5.74, 6) is -3.25. The molecule has 29 heavy (non-hydrogen) atoms. The number of carbonyl (C=O) groups excluding carboxylic acids is 3. The van der Waals surface area contributed by atoms with Crippen LogP contribution in [0.5, 0.6) is 5.75 Å². The van der Waals surface area contributed by atoms with Crippen LogP contribution < -0.4 is 21.7 Å². The summed E-state index contributed by atoms with van der Waals surface area (Å²) in [4.78, 5) is 47.5. The molecule has 0 aromatic heterocycles. The number of phenols is 1. The van der Waals surface area contributed by atoms with E-state index in [4.69, 9.17) is 10.8 Å². The maximum absolute atomic E-state index is 12.5. The van der Waals surface area contributed by atoms with E-state index in [1.165, 1.54) is 12.1 Å². The Balaban J connectivity index is 2.84. The maximum Gasteiger partial charge on any atom is 0.327 e. The van der Waals surface area contributed by atoms with Crippen LogP contribution in [0, 0.1) is 0 Å². The first-order valence-electron chi connectivity index (χ1n) is 8.53. The summed E-state index contributed by atoms with van der Waals surface area (Å²) in [6.45, 7) is -0.422. The number of carboxylic acids is 1. The molecule has 0 saturated carbocycles. The molecule has 0 aliphatic heterocycles. The third-order valence-electron chi connectivity index (χ3n) is 3.78. The third-order valence-corrected chi connectivity index (χ3v) is 4.54. The number of aromatic hydroxyl groups is 1. The Morgan fingerprint density at radius 2 is 1.59 bits per heavy atom. The average Bonchev–Trinajstić information content (AvgIpc) is 2.70. The highest BCUT2D eigenvalue weighted by atomic mass is 32.1. The zero-order valence-corrected chi connectivity index (χ0v) is 17.2. The first-order valence-corrected chi connectivity index (χ1v) is 9.79. The molecular weight excluding hydrogens is 420 g/mol. The second-order valence-corrected chi connectivity index (χ2v) is 6.81. The fourth-order valence-electron chi connectivity index (χ4n) is 2.16. The molecule has 3 atom stereocenters. The molecule has 0 heterocycles. The zero-order chi connectivity index (χ0) is 22.0. The second kappa shape index (κ2) is 12.2. The van der Waals surface area contributed by atoms with Gasteiger partial charge in [0.1, 0.15) is 17.8 Å². The van der Waals surface area contributed by atoms with Crippen LogP contribution in [0.4, 0.5) is 0 Å². The number of amides is 3. The Bertz CT molecular complexity index is 731. The molecule has 3 amide bonds. The zero-order valence-electron chi connectivity index (χ0n) is 15.4. The lowest BCUT2D eigenvalue weighted by Crippen LogP contribution is -2.55. The third kappa shape index (κ3) is 8.62. The van der Waals surface area contributed by atoms with Crippen molar-refractivity contribution in [2.24, 2.45) is 5.73 Å². The van der Waals surface area contributed by atoms with Crippen molar-refractivity contribution < 1.29 is 29.4 Å². The molecule has 12 heteroatoms. The topological polar surface area (TPSA) is 171 Å². The number of carbonyl (C=O) groups is 4. The molecule has 0 bridgehead atoms. The molecule has 0 radical (unpaired) electrons. The highest BCUT2D eigenvalue weighted by Gasteiger charge is 2.26. The first kappa shape index (κ1) is 24.6. The van der Waals surface area contributed by atoms with Gasteiger partial charge in [-0.3, -0.25) is 14.4 Å². The number of aliphatic carboxylic acids is 1. The smallest absolute Gasteiger partial charge is 0.327 e. The van der Waals surface area contributed by atoms with Crippen LogP contribution in [0.2, 0.25) is 0 Å². The van der Waals surface area contributed by atoms with Gasteiger partial charge in [0.25, 0.3) is 0 Å². The molecule has 1 aromatic carbocycles. The molecule has 0 aliphatic carbocycles. The predicted octanol–water partition coefficient (Wildman–Crippen LogP) is -1.71. The van der Waals surface area contributed by atoms with Gasteiger partial charge in [-0.1, -0.05) is 12.1 Å². The molecule has 10 nitrogen and oxygen atoms in total. The predicted molar refractivity (Wildman–Crippen MR) is 112 cm³/mol. The van der Waals surface area contributed by atoms with Crippen molar-refractivity contribution >= 4 is 48.9 Å². The molecule has 0 spiro atoms. The van der Waals surface area contributed by atoms with E-state index >= 15 is 0 Å². The molecule has 0 fully saturated rings. The summed E-state index contributed by atoms with van der Waals surface area (Å²) in [6, 6.07) is 2.71. The van der Waals surface area contributed by atoms with Crippen LogP contribution in [-0.2, 0) is 25.6 Å². The first-order chi connectivity index (χ1) is 13.7. The number of phenolic OH excluding ortho intramolecular Hbond substituents is 1. The summed E-state index contributed by atoms with van der Waals surface area (Å²) in [5, 5.41) is 25.5. The van der Waals surface area contributed by atoms with Gasteiger partial charge in [0.2, 0.25) is 17.7 Å². The number of hydrogen-bond acceptors (Lipinski definition) is 8. The van der Waals surface area contributed by atoms with Crippen LogP contribution in [0.1, 0.15) is 5.56 Å². The quantitative estimate of drug-likeness (QED) is 0.188. The summed E-state index contributed by atoms with van der Waals surface area (Å²) in [6.07, 6.45) is 0.0286.